The van der Waals surface area contributed by atoms with Crippen LogP contribution in [0.1, 0.15) is 22.6 Å². The van der Waals surface area contributed by atoms with E-state index in [1.807, 2.05) is 13.0 Å². The first-order valence-corrected chi connectivity index (χ1v) is 4.85. The van der Waals surface area contributed by atoms with Crippen molar-refractivity contribution in [1.82, 2.24) is 0 Å². The van der Waals surface area contributed by atoms with Crippen molar-refractivity contribution in [2.24, 2.45) is 0 Å². The molecule has 14 heavy (non-hydrogen) atoms. The van der Waals surface area contributed by atoms with E-state index in [2.05, 4.69) is 12.6 Å². The van der Waals surface area contributed by atoms with Crippen LogP contribution in [0.2, 0.25) is 0 Å². The molecule has 1 heterocycles. The molecule has 0 aliphatic carbocycles. The minimum Gasteiger partial charge on any atom is -0.464 e. The first-order chi connectivity index (χ1) is 6.60. The van der Waals surface area contributed by atoms with Gasteiger partial charge in [-0.2, -0.15) is 17.9 Å². The van der Waals surface area contributed by atoms with Crippen molar-refractivity contribution in [3.05, 3.63) is 22.6 Å². The Morgan fingerprint density at radius 2 is 2.21 bits per heavy atom. The molecule has 0 aromatic carbocycles. The molecule has 0 fully saturated rings. The maximum atomic E-state index is 11.1. The SMILES string of the molecule is Cc1oc(CC(=O)CS)c(C#N)c1C. The summed E-state index contributed by atoms with van der Waals surface area (Å²) < 4.78 is 5.33. The third-order valence-corrected chi connectivity index (χ3v) is 2.46. The molecule has 4 heteroatoms. The molecule has 1 aromatic rings. The summed E-state index contributed by atoms with van der Waals surface area (Å²) in [6, 6.07) is 2.04. The summed E-state index contributed by atoms with van der Waals surface area (Å²) in [5.74, 6) is 1.28. The van der Waals surface area contributed by atoms with Crippen LogP contribution in [0.15, 0.2) is 4.42 Å². The lowest BCUT2D eigenvalue weighted by Crippen LogP contribution is -2.04. The quantitative estimate of drug-likeness (QED) is 0.772. The number of carbonyl (C=O) groups is 1. The molecule has 3 nitrogen and oxygen atoms in total. The van der Waals surface area contributed by atoms with Crippen LogP contribution in [0.5, 0.6) is 0 Å². The van der Waals surface area contributed by atoms with Gasteiger partial charge >= 0.3 is 0 Å². The molecule has 0 aliphatic heterocycles. The van der Waals surface area contributed by atoms with Gasteiger partial charge in [0, 0.05) is 11.3 Å². The highest BCUT2D eigenvalue weighted by atomic mass is 32.1. The van der Waals surface area contributed by atoms with Crippen molar-refractivity contribution in [2.75, 3.05) is 5.75 Å². The molecule has 0 radical (unpaired) electrons. The Balaban J connectivity index is 3.04. The predicted octanol–water partition coefficient (Wildman–Crippen LogP) is 1.81. The Kier molecular flexibility index (Phi) is 3.37. The minimum atomic E-state index is -0.0430. The molecule has 0 aliphatic rings. The number of ketones is 1. The average Bonchev–Trinajstić information content (AvgIpc) is 2.42. The smallest absolute Gasteiger partial charge is 0.150 e. The Hall–Kier alpha value is -1.21. The molecule has 0 spiro atoms. The van der Waals surface area contributed by atoms with Gasteiger partial charge < -0.3 is 4.42 Å². The highest BCUT2D eigenvalue weighted by Gasteiger charge is 2.16. The third-order valence-electron chi connectivity index (χ3n) is 2.10. The maximum Gasteiger partial charge on any atom is 0.150 e. The van der Waals surface area contributed by atoms with Gasteiger partial charge in [0.25, 0.3) is 0 Å². The van der Waals surface area contributed by atoms with E-state index in [1.165, 1.54) is 0 Å². The molecule has 0 bridgehead atoms. The van der Waals surface area contributed by atoms with Crippen molar-refractivity contribution >= 4 is 18.4 Å². The van der Waals surface area contributed by atoms with Gasteiger partial charge in [0.1, 0.15) is 23.4 Å². The molecule has 0 saturated heterocycles. The monoisotopic (exact) mass is 209 g/mol. The number of hydrogen-bond donors (Lipinski definition) is 1. The zero-order valence-corrected chi connectivity index (χ0v) is 9.02. The van der Waals surface area contributed by atoms with Crippen molar-refractivity contribution in [2.45, 2.75) is 20.3 Å². The van der Waals surface area contributed by atoms with Crippen molar-refractivity contribution < 1.29 is 9.21 Å². The van der Waals surface area contributed by atoms with E-state index in [-0.39, 0.29) is 18.0 Å². The number of furan rings is 1. The van der Waals surface area contributed by atoms with Crippen LogP contribution in [0, 0.1) is 25.2 Å². The van der Waals surface area contributed by atoms with Crippen LogP contribution in [-0.4, -0.2) is 11.5 Å². The van der Waals surface area contributed by atoms with E-state index >= 15 is 0 Å². The van der Waals surface area contributed by atoms with Gasteiger partial charge in [-0.25, -0.2) is 0 Å². The van der Waals surface area contributed by atoms with Crippen LogP contribution >= 0.6 is 12.6 Å². The van der Waals surface area contributed by atoms with E-state index in [9.17, 15) is 4.79 Å². The summed E-state index contributed by atoms with van der Waals surface area (Å²) in [5, 5.41) is 8.86. The summed E-state index contributed by atoms with van der Waals surface area (Å²) in [7, 11) is 0. The minimum absolute atomic E-state index is 0.0430. The fourth-order valence-electron chi connectivity index (χ4n) is 1.20. The number of aryl methyl sites for hydroxylation is 1. The molecule has 0 saturated carbocycles. The van der Waals surface area contributed by atoms with Gasteiger partial charge in [0.05, 0.1) is 12.0 Å². The van der Waals surface area contributed by atoms with Crippen LogP contribution < -0.4 is 0 Å². The molecule has 0 amide bonds. The predicted molar refractivity (Wildman–Crippen MR) is 55.5 cm³/mol. The molecular formula is C10H11NO2S. The van der Waals surface area contributed by atoms with Gasteiger partial charge in [0.15, 0.2) is 0 Å². The van der Waals surface area contributed by atoms with Crippen molar-refractivity contribution in [3.63, 3.8) is 0 Å². The molecule has 1 aromatic heterocycles. The van der Waals surface area contributed by atoms with Gasteiger partial charge in [-0.15, -0.1) is 0 Å². The number of hydrogen-bond acceptors (Lipinski definition) is 4. The van der Waals surface area contributed by atoms with Crippen LogP contribution in [-0.2, 0) is 11.2 Å². The van der Waals surface area contributed by atoms with Crippen LogP contribution in [0.4, 0.5) is 0 Å². The number of nitriles is 1. The topological polar surface area (TPSA) is 54.0 Å². The second kappa shape index (κ2) is 4.34. The number of carbonyl (C=O) groups excluding carboxylic acids is 1. The van der Waals surface area contributed by atoms with Crippen LogP contribution in [0.3, 0.4) is 0 Å². The van der Waals surface area contributed by atoms with Gasteiger partial charge in [0.2, 0.25) is 0 Å². The van der Waals surface area contributed by atoms with E-state index < -0.39 is 0 Å². The molecule has 74 valence electrons. The van der Waals surface area contributed by atoms with E-state index in [1.54, 1.807) is 6.92 Å². The highest BCUT2D eigenvalue weighted by Crippen LogP contribution is 2.21. The zero-order valence-electron chi connectivity index (χ0n) is 8.13. The Morgan fingerprint density at radius 3 is 2.71 bits per heavy atom. The molecule has 0 unspecified atom stereocenters. The van der Waals surface area contributed by atoms with Crippen molar-refractivity contribution in [3.8, 4) is 6.07 Å². The number of thiol groups is 1. The Labute approximate surface area is 88.1 Å². The van der Waals surface area contributed by atoms with Gasteiger partial charge in [-0.1, -0.05) is 0 Å². The van der Waals surface area contributed by atoms with E-state index in [0.717, 1.165) is 5.56 Å². The van der Waals surface area contributed by atoms with Crippen molar-refractivity contribution in [1.29, 1.82) is 5.26 Å². The number of Topliss-reactive ketones (excluding diaryl/α,β-unsaturated/α-hetero) is 1. The van der Waals surface area contributed by atoms with E-state index in [4.69, 9.17) is 9.68 Å². The first kappa shape index (κ1) is 10.9. The lowest BCUT2D eigenvalue weighted by molar-refractivity contribution is -0.116. The highest BCUT2D eigenvalue weighted by molar-refractivity contribution is 7.81. The maximum absolute atomic E-state index is 11.1. The van der Waals surface area contributed by atoms with E-state index in [0.29, 0.717) is 17.1 Å². The standard InChI is InChI=1S/C10H11NO2S/c1-6-7(2)13-10(9(6)4-11)3-8(12)5-14/h14H,3,5H2,1-2H3. The number of rotatable bonds is 3. The third kappa shape index (κ3) is 1.99. The molecule has 1 rings (SSSR count). The summed E-state index contributed by atoms with van der Waals surface area (Å²) in [4.78, 5) is 11.1. The second-order valence-corrected chi connectivity index (χ2v) is 3.38. The lowest BCUT2D eigenvalue weighted by Gasteiger charge is -1.93. The van der Waals surface area contributed by atoms with Gasteiger partial charge in [-0.05, 0) is 13.8 Å². The fraction of sp³-hybridized carbons (Fsp3) is 0.400. The summed E-state index contributed by atoms with van der Waals surface area (Å²) >= 11 is 3.87. The zero-order chi connectivity index (χ0) is 10.7. The summed E-state index contributed by atoms with van der Waals surface area (Å²) in [6.45, 7) is 3.59. The summed E-state index contributed by atoms with van der Waals surface area (Å²) in [6.07, 6.45) is 0.154. The summed E-state index contributed by atoms with van der Waals surface area (Å²) in [5.41, 5.74) is 1.30. The largest absolute Gasteiger partial charge is 0.464 e. The second-order valence-electron chi connectivity index (χ2n) is 3.07. The van der Waals surface area contributed by atoms with Gasteiger partial charge in [-0.3, -0.25) is 4.79 Å². The first-order valence-electron chi connectivity index (χ1n) is 4.21. The molecule has 0 N–H and O–H groups in total. The normalized spacial score (nSPS) is 9.86. The fourth-order valence-corrected chi connectivity index (χ4v) is 1.31. The lowest BCUT2D eigenvalue weighted by atomic mass is 10.1. The Morgan fingerprint density at radius 1 is 1.57 bits per heavy atom. The number of nitrogens with zero attached hydrogens (tertiary/aromatic N) is 1. The van der Waals surface area contributed by atoms with Crippen LogP contribution in [0.25, 0.3) is 0 Å². The average molecular weight is 209 g/mol. The molecular weight excluding hydrogens is 198 g/mol. The Bertz CT molecular complexity index is 401. The molecule has 0 atom stereocenters.